The number of benzene rings is 2. The smallest absolute Gasteiger partial charge is 0.331 e. The summed E-state index contributed by atoms with van der Waals surface area (Å²) in [6.45, 7) is 2.07. The molecule has 1 heterocycles. The number of nitrogens with one attached hydrogen (secondary N) is 1. The summed E-state index contributed by atoms with van der Waals surface area (Å²) in [6.07, 6.45) is 3.45. The number of anilines is 1. The van der Waals surface area contributed by atoms with Gasteiger partial charge in [-0.3, -0.25) is 4.79 Å². The molecule has 1 atom stereocenters. The van der Waals surface area contributed by atoms with Crippen molar-refractivity contribution in [3.63, 3.8) is 0 Å². The van der Waals surface area contributed by atoms with E-state index in [0.29, 0.717) is 22.9 Å². The number of carbonyl (C=O) groups is 2. The predicted octanol–water partition coefficient (Wildman–Crippen LogP) is 3.56. The van der Waals surface area contributed by atoms with Crippen LogP contribution >= 0.6 is 11.6 Å². The highest BCUT2D eigenvalue weighted by Crippen LogP contribution is 2.14. The van der Waals surface area contributed by atoms with E-state index < -0.39 is 18.0 Å². The molecular weight excluding hydrogens is 392 g/mol. The number of hydrogen-bond donors (Lipinski definition) is 1. The van der Waals surface area contributed by atoms with Gasteiger partial charge in [-0.05, 0) is 42.8 Å². The number of aromatic nitrogens is 3. The van der Waals surface area contributed by atoms with Crippen molar-refractivity contribution in [3.05, 3.63) is 83.2 Å². The first kappa shape index (κ1) is 20.3. The van der Waals surface area contributed by atoms with Gasteiger partial charge in [0, 0.05) is 16.8 Å². The van der Waals surface area contributed by atoms with Gasteiger partial charge in [-0.2, -0.15) is 0 Å². The molecule has 1 aromatic heterocycles. The van der Waals surface area contributed by atoms with Gasteiger partial charge in [0.1, 0.15) is 5.69 Å². The molecule has 1 N–H and O–H groups in total. The van der Waals surface area contributed by atoms with Crippen molar-refractivity contribution in [2.45, 2.75) is 19.6 Å². The van der Waals surface area contributed by atoms with Crippen LogP contribution < -0.4 is 5.32 Å². The summed E-state index contributed by atoms with van der Waals surface area (Å²) < 4.78 is 6.78. The van der Waals surface area contributed by atoms with E-state index in [1.165, 1.54) is 19.1 Å². The minimum Gasteiger partial charge on any atom is -0.449 e. The Morgan fingerprint density at radius 1 is 1.17 bits per heavy atom. The molecule has 3 aromatic rings. The molecule has 0 spiro atoms. The van der Waals surface area contributed by atoms with E-state index in [1.807, 2.05) is 30.3 Å². The lowest BCUT2D eigenvalue weighted by Gasteiger charge is -2.12. The first-order valence-electron chi connectivity index (χ1n) is 8.89. The Hall–Kier alpha value is -3.45. The maximum atomic E-state index is 12.1. The van der Waals surface area contributed by atoms with Crippen LogP contribution in [-0.2, 0) is 20.9 Å². The standard InChI is InChI=1S/C21H19ClN4O3/c1-15(21(28)23-18-9-7-17(22)8-10-18)29-20(27)12-11-19-14-26(25-24-19)13-16-5-3-2-4-6-16/h2-12,14-15H,13H2,1H3,(H,23,28)/b12-11+/t15-/m0/s1. The lowest BCUT2D eigenvalue weighted by molar-refractivity contribution is -0.148. The molecule has 0 aliphatic heterocycles. The summed E-state index contributed by atoms with van der Waals surface area (Å²) in [5.74, 6) is -1.09. The summed E-state index contributed by atoms with van der Waals surface area (Å²) in [6, 6.07) is 16.5. The number of amides is 1. The Morgan fingerprint density at radius 3 is 2.62 bits per heavy atom. The van der Waals surface area contributed by atoms with Gasteiger partial charge in [0.2, 0.25) is 0 Å². The number of nitrogens with zero attached hydrogens (tertiary/aromatic N) is 3. The second kappa shape index (κ2) is 9.66. The first-order chi connectivity index (χ1) is 14.0. The molecule has 0 unspecified atom stereocenters. The van der Waals surface area contributed by atoms with Crippen molar-refractivity contribution in [2.75, 3.05) is 5.32 Å². The van der Waals surface area contributed by atoms with E-state index in [1.54, 1.807) is 35.1 Å². The molecule has 0 aliphatic rings. The fraction of sp³-hybridized carbons (Fsp3) is 0.143. The Morgan fingerprint density at radius 2 is 1.90 bits per heavy atom. The van der Waals surface area contributed by atoms with Gasteiger partial charge < -0.3 is 10.1 Å². The normalized spacial score (nSPS) is 11.9. The van der Waals surface area contributed by atoms with Crippen LogP contribution in [0, 0.1) is 0 Å². The molecule has 29 heavy (non-hydrogen) atoms. The van der Waals surface area contributed by atoms with Gasteiger partial charge in [-0.25, -0.2) is 9.48 Å². The van der Waals surface area contributed by atoms with E-state index in [9.17, 15) is 9.59 Å². The molecule has 0 saturated heterocycles. The van der Waals surface area contributed by atoms with E-state index in [4.69, 9.17) is 16.3 Å². The maximum absolute atomic E-state index is 12.1. The van der Waals surface area contributed by atoms with Gasteiger partial charge in [0.25, 0.3) is 5.91 Å². The highest BCUT2D eigenvalue weighted by atomic mass is 35.5. The third-order valence-electron chi connectivity index (χ3n) is 3.91. The fourth-order valence-corrected chi connectivity index (χ4v) is 2.56. The van der Waals surface area contributed by atoms with Crippen molar-refractivity contribution >= 4 is 35.2 Å². The highest BCUT2D eigenvalue weighted by Gasteiger charge is 2.16. The first-order valence-corrected chi connectivity index (χ1v) is 9.26. The van der Waals surface area contributed by atoms with Crippen LogP contribution in [0.4, 0.5) is 5.69 Å². The van der Waals surface area contributed by atoms with Gasteiger partial charge >= 0.3 is 5.97 Å². The molecule has 2 aromatic carbocycles. The number of carbonyl (C=O) groups excluding carboxylic acids is 2. The largest absolute Gasteiger partial charge is 0.449 e. The van der Waals surface area contributed by atoms with Crippen LogP contribution in [0.15, 0.2) is 66.9 Å². The quantitative estimate of drug-likeness (QED) is 0.475. The SMILES string of the molecule is C[C@H](OC(=O)/C=C/c1cn(Cc2ccccc2)nn1)C(=O)Nc1ccc(Cl)cc1. The van der Waals surface area contributed by atoms with Crippen LogP contribution in [0.25, 0.3) is 6.08 Å². The Labute approximate surface area is 172 Å². The van der Waals surface area contributed by atoms with E-state index in [2.05, 4.69) is 15.6 Å². The van der Waals surface area contributed by atoms with Gasteiger partial charge in [-0.1, -0.05) is 47.1 Å². The molecule has 0 fully saturated rings. The minimum absolute atomic E-state index is 0.442. The fourth-order valence-electron chi connectivity index (χ4n) is 2.44. The monoisotopic (exact) mass is 410 g/mol. The molecule has 8 heteroatoms. The van der Waals surface area contributed by atoms with Crippen LogP contribution in [0.1, 0.15) is 18.2 Å². The van der Waals surface area contributed by atoms with Crippen molar-refractivity contribution in [1.29, 1.82) is 0 Å². The number of hydrogen-bond acceptors (Lipinski definition) is 5. The number of halogens is 1. The van der Waals surface area contributed by atoms with Crippen molar-refractivity contribution in [2.24, 2.45) is 0 Å². The van der Waals surface area contributed by atoms with Crippen molar-refractivity contribution in [1.82, 2.24) is 15.0 Å². The van der Waals surface area contributed by atoms with Crippen LogP contribution in [0.3, 0.4) is 0 Å². The number of rotatable bonds is 7. The molecule has 3 rings (SSSR count). The zero-order valence-electron chi connectivity index (χ0n) is 15.7. The summed E-state index contributed by atoms with van der Waals surface area (Å²) in [7, 11) is 0. The second-order valence-electron chi connectivity index (χ2n) is 6.24. The number of esters is 1. The zero-order valence-corrected chi connectivity index (χ0v) is 16.4. The Kier molecular flexibility index (Phi) is 6.76. The summed E-state index contributed by atoms with van der Waals surface area (Å²) in [4.78, 5) is 24.1. The average molecular weight is 411 g/mol. The van der Waals surface area contributed by atoms with Gasteiger partial charge in [0.05, 0.1) is 12.7 Å². The summed E-state index contributed by atoms with van der Waals surface area (Å²) in [5, 5.41) is 11.2. The lowest BCUT2D eigenvalue weighted by Crippen LogP contribution is -2.29. The minimum atomic E-state index is -0.961. The molecule has 0 aliphatic carbocycles. The molecule has 0 radical (unpaired) electrons. The van der Waals surface area contributed by atoms with Crippen LogP contribution in [0.2, 0.25) is 5.02 Å². The van der Waals surface area contributed by atoms with E-state index >= 15 is 0 Å². The van der Waals surface area contributed by atoms with E-state index in [0.717, 1.165) is 5.56 Å². The van der Waals surface area contributed by atoms with Crippen LogP contribution in [0.5, 0.6) is 0 Å². The number of ether oxygens (including phenoxy) is 1. The lowest BCUT2D eigenvalue weighted by atomic mass is 10.2. The Bertz CT molecular complexity index is 1000. The van der Waals surface area contributed by atoms with Gasteiger partial charge in [-0.15, -0.1) is 5.10 Å². The molecule has 7 nitrogen and oxygen atoms in total. The topological polar surface area (TPSA) is 86.1 Å². The van der Waals surface area contributed by atoms with Gasteiger partial charge in [0.15, 0.2) is 6.10 Å². The maximum Gasteiger partial charge on any atom is 0.331 e. The average Bonchev–Trinajstić information content (AvgIpc) is 3.16. The van der Waals surface area contributed by atoms with Crippen molar-refractivity contribution < 1.29 is 14.3 Å². The molecular formula is C21H19ClN4O3. The predicted molar refractivity (Wildman–Crippen MR) is 110 cm³/mol. The third-order valence-corrected chi connectivity index (χ3v) is 4.16. The molecule has 0 bridgehead atoms. The second-order valence-corrected chi connectivity index (χ2v) is 6.67. The zero-order chi connectivity index (χ0) is 20.6. The summed E-state index contributed by atoms with van der Waals surface area (Å²) >= 11 is 5.81. The molecule has 1 amide bonds. The Balaban J connectivity index is 1.50. The molecule has 148 valence electrons. The molecule has 0 saturated carbocycles. The van der Waals surface area contributed by atoms with Crippen molar-refractivity contribution in [3.8, 4) is 0 Å². The van der Waals surface area contributed by atoms with Crippen LogP contribution in [-0.4, -0.2) is 33.0 Å². The highest BCUT2D eigenvalue weighted by molar-refractivity contribution is 6.30. The van der Waals surface area contributed by atoms with E-state index in [-0.39, 0.29) is 0 Å². The third kappa shape index (κ3) is 6.29. The summed E-state index contributed by atoms with van der Waals surface area (Å²) in [5.41, 5.74) is 2.16.